The third-order valence-electron chi connectivity index (χ3n) is 6.46. The van der Waals surface area contributed by atoms with Crippen molar-refractivity contribution in [3.8, 4) is 0 Å². The summed E-state index contributed by atoms with van der Waals surface area (Å²) in [6.07, 6.45) is 6.36. The van der Waals surface area contributed by atoms with Gasteiger partial charge in [0.15, 0.2) is 0 Å². The van der Waals surface area contributed by atoms with E-state index in [0.717, 1.165) is 25.1 Å². The van der Waals surface area contributed by atoms with Crippen molar-refractivity contribution in [1.82, 2.24) is 8.98 Å². The molecular formula is C20H35N2O4PS. The summed E-state index contributed by atoms with van der Waals surface area (Å²) in [7, 11) is -5.66. The first-order valence-corrected chi connectivity index (χ1v) is 14.2. The fraction of sp³-hybridized carbons (Fsp3) is 0.800. The van der Waals surface area contributed by atoms with Crippen LogP contribution in [-0.2, 0) is 19.3 Å². The lowest BCUT2D eigenvalue weighted by Crippen LogP contribution is -2.38. The highest BCUT2D eigenvalue weighted by Crippen LogP contribution is 2.49. The van der Waals surface area contributed by atoms with E-state index in [-0.39, 0.29) is 5.92 Å². The minimum absolute atomic E-state index is 0.244. The Morgan fingerprint density at radius 3 is 2.50 bits per heavy atom. The van der Waals surface area contributed by atoms with E-state index >= 15 is 0 Å². The van der Waals surface area contributed by atoms with Crippen LogP contribution in [0.25, 0.3) is 0 Å². The zero-order valence-corrected chi connectivity index (χ0v) is 19.3. The van der Waals surface area contributed by atoms with Gasteiger partial charge in [0, 0.05) is 45.6 Å². The van der Waals surface area contributed by atoms with Crippen LogP contribution in [0.2, 0.25) is 0 Å². The number of ether oxygens (including phenoxy) is 1. The molecule has 6 nitrogen and oxygen atoms in total. The van der Waals surface area contributed by atoms with Gasteiger partial charge in [-0.05, 0) is 24.7 Å². The minimum atomic E-state index is -3.29. The van der Waals surface area contributed by atoms with Crippen LogP contribution >= 0.6 is 7.29 Å². The third kappa shape index (κ3) is 4.81. The molecule has 0 aromatic carbocycles. The molecule has 0 saturated carbocycles. The minimum Gasteiger partial charge on any atom is -0.380 e. The monoisotopic (exact) mass is 430 g/mol. The first-order chi connectivity index (χ1) is 13.1. The molecule has 0 N–H and O–H groups in total. The summed E-state index contributed by atoms with van der Waals surface area (Å²) in [5.41, 5.74) is 2.54. The van der Waals surface area contributed by atoms with E-state index in [9.17, 15) is 13.0 Å². The molecule has 1 fully saturated rings. The van der Waals surface area contributed by atoms with E-state index in [1.54, 1.807) is 4.31 Å². The molecule has 3 aliphatic heterocycles. The van der Waals surface area contributed by atoms with Crippen molar-refractivity contribution in [3.63, 3.8) is 0 Å². The molecule has 1 saturated heterocycles. The van der Waals surface area contributed by atoms with Gasteiger partial charge >= 0.3 is 0 Å². The molecule has 160 valence electrons. The van der Waals surface area contributed by atoms with Gasteiger partial charge in [0.1, 0.15) is 12.5 Å². The second kappa shape index (κ2) is 8.73. The van der Waals surface area contributed by atoms with Crippen LogP contribution in [-0.4, -0.2) is 74.9 Å². The van der Waals surface area contributed by atoms with Crippen molar-refractivity contribution in [2.24, 2.45) is 11.8 Å². The van der Waals surface area contributed by atoms with Gasteiger partial charge in [-0.2, -0.15) is 4.31 Å². The summed E-state index contributed by atoms with van der Waals surface area (Å²) in [5, 5.41) is -0.399. The Balaban J connectivity index is 1.50. The number of hydrogen-bond donors (Lipinski definition) is 0. The molecule has 3 heterocycles. The highest BCUT2D eigenvalue weighted by Gasteiger charge is 2.37. The number of sulfonamides is 1. The van der Waals surface area contributed by atoms with Gasteiger partial charge in [0.2, 0.25) is 10.0 Å². The SMILES string of the molecule is CC(C)C1=CCN(P(C)(=O)CCC(C)C2=CCN(S(=O)(=O)C3CCOC3)C2)C1. The van der Waals surface area contributed by atoms with E-state index in [1.165, 1.54) is 5.57 Å². The fourth-order valence-electron chi connectivity index (χ4n) is 4.12. The largest absolute Gasteiger partial charge is 0.380 e. The van der Waals surface area contributed by atoms with Crippen LogP contribution in [0.5, 0.6) is 0 Å². The lowest BCUT2D eigenvalue weighted by molar-refractivity contribution is 0.198. The zero-order valence-electron chi connectivity index (χ0n) is 17.6. The molecule has 0 aliphatic carbocycles. The van der Waals surface area contributed by atoms with Crippen molar-refractivity contribution in [2.75, 3.05) is 52.2 Å². The zero-order chi connectivity index (χ0) is 20.5. The molecular weight excluding hydrogens is 395 g/mol. The molecule has 0 amide bonds. The molecule has 0 aromatic heterocycles. The smallest absolute Gasteiger partial charge is 0.219 e. The second-order valence-corrected chi connectivity index (χ2v) is 14.2. The highest BCUT2D eigenvalue weighted by molar-refractivity contribution is 7.89. The maximum atomic E-state index is 13.3. The summed E-state index contributed by atoms with van der Waals surface area (Å²) in [4.78, 5) is 0. The van der Waals surface area contributed by atoms with Crippen molar-refractivity contribution in [1.29, 1.82) is 0 Å². The molecule has 0 spiro atoms. The Bertz CT molecular complexity index is 784. The second-order valence-electron chi connectivity index (χ2n) is 8.85. The predicted molar refractivity (Wildman–Crippen MR) is 114 cm³/mol. The maximum Gasteiger partial charge on any atom is 0.219 e. The summed E-state index contributed by atoms with van der Waals surface area (Å²) in [6.45, 7) is 11.8. The Labute approximate surface area is 170 Å². The van der Waals surface area contributed by atoms with Crippen LogP contribution in [0.15, 0.2) is 23.3 Å². The van der Waals surface area contributed by atoms with Crippen LogP contribution in [0, 0.1) is 11.8 Å². The first-order valence-electron chi connectivity index (χ1n) is 10.4. The summed E-state index contributed by atoms with van der Waals surface area (Å²) < 4.78 is 47.7. The topological polar surface area (TPSA) is 66.9 Å². The molecule has 0 aromatic rings. The van der Waals surface area contributed by atoms with Gasteiger partial charge in [-0.1, -0.05) is 44.1 Å². The molecule has 3 rings (SSSR count). The average Bonchev–Trinajstić information content (AvgIpc) is 3.41. The van der Waals surface area contributed by atoms with E-state index in [2.05, 4.69) is 31.5 Å². The summed E-state index contributed by atoms with van der Waals surface area (Å²) in [6, 6.07) is 0. The van der Waals surface area contributed by atoms with E-state index < -0.39 is 22.6 Å². The maximum absolute atomic E-state index is 13.3. The van der Waals surface area contributed by atoms with Gasteiger partial charge in [-0.25, -0.2) is 13.1 Å². The van der Waals surface area contributed by atoms with Crippen molar-refractivity contribution in [3.05, 3.63) is 23.3 Å². The van der Waals surface area contributed by atoms with Gasteiger partial charge < -0.3 is 9.30 Å². The van der Waals surface area contributed by atoms with E-state index in [4.69, 9.17) is 4.74 Å². The van der Waals surface area contributed by atoms with Gasteiger partial charge in [-0.3, -0.25) is 0 Å². The Hall–Kier alpha value is -0.460. The normalized spacial score (nSPS) is 27.8. The molecule has 3 aliphatic rings. The van der Waals surface area contributed by atoms with Crippen molar-refractivity contribution >= 4 is 17.3 Å². The first kappa shape index (κ1) is 22.2. The average molecular weight is 431 g/mol. The molecule has 3 atom stereocenters. The molecule has 0 radical (unpaired) electrons. The van der Waals surface area contributed by atoms with E-state index in [1.807, 2.05) is 12.7 Å². The predicted octanol–water partition coefficient (Wildman–Crippen LogP) is 3.18. The Morgan fingerprint density at radius 2 is 1.89 bits per heavy atom. The Morgan fingerprint density at radius 1 is 1.18 bits per heavy atom. The van der Waals surface area contributed by atoms with Gasteiger partial charge in [0.05, 0.1) is 6.61 Å². The van der Waals surface area contributed by atoms with Gasteiger partial charge in [-0.15, -0.1) is 0 Å². The summed E-state index contributed by atoms with van der Waals surface area (Å²) in [5.74, 6) is 0.749. The van der Waals surface area contributed by atoms with Crippen LogP contribution in [0.3, 0.4) is 0 Å². The summed E-state index contributed by atoms with van der Waals surface area (Å²) >= 11 is 0. The third-order valence-corrected chi connectivity index (χ3v) is 11.3. The quantitative estimate of drug-likeness (QED) is 0.437. The standard InChI is InChI=1S/C20H35N2O4PS/c1-16(2)18-5-9-21(13-18)27(4,23)12-8-17(3)19-6-10-22(14-19)28(24,25)20-7-11-26-15-20/h5-6,16-17,20H,7-15H2,1-4H3. The van der Waals surface area contributed by atoms with Crippen LogP contribution < -0.4 is 0 Å². The van der Waals surface area contributed by atoms with Crippen LogP contribution in [0.1, 0.15) is 33.6 Å². The molecule has 0 bridgehead atoms. The van der Waals surface area contributed by atoms with Crippen LogP contribution in [0.4, 0.5) is 0 Å². The molecule has 8 heteroatoms. The number of hydrogen-bond acceptors (Lipinski definition) is 4. The fourth-order valence-corrected chi connectivity index (χ4v) is 7.86. The van der Waals surface area contributed by atoms with E-state index in [0.29, 0.717) is 44.8 Å². The molecule has 3 unspecified atom stereocenters. The van der Waals surface area contributed by atoms with Crippen molar-refractivity contribution < 1.29 is 17.7 Å². The van der Waals surface area contributed by atoms with Crippen molar-refractivity contribution in [2.45, 2.75) is 38.9 Å². The Kier molecular flexibility index (Phi) is 6.93. The van der Waals surface area contributed by atoms with Gasteiger partial charge in [0.25, 0.3) is 0 Å². The lowest BCUT2D eigenvalue weighted by atomic mass is 10.00. The number of rotatable bonds is 8. The number of nitrogens with zero attached hydrogens (tertiary/aromatic N) is 2. The lowest BCUT2D eigenvalue weighted by Gasteiger charge is -2.27. The highest BCUT2D eigenvalue weighted by atomic mass is 32.2. The molecule has 28 heavy (non-hydrogen) atoms.